The monoisotopic (exact) mass is 235 g/mol. The normalized spacial score (nSPS) is 14.4. The lowest BCUT2D eigenvalue weighted by Gasteiger charge is -2.17. The molecule has 1 aromatic rings. The van der Waals surface area contributed by atoms with Crippen molar-refractivity contribution in [2.75, 3.05) is 6.54 Å². The van der Waals surface area contributed by atoms with E-state index in [-0.39, 0.29) is 6.10 Å². The third-order valence-electron chi connectivity index (χ3n) is 2.97. The van der Waals surface area contributed by atoms with Gasteiger partial charge in [-0.1, -0.05) is 26.0 Å². The molecule has 0 saturated heterocycles. The van der Waals surface area contributed by atoms with Gasteiger partial charge in [-0.3, -0.25) is 0 Å². The van der Waals surface area contributed by atoms with E-state index in [0.29, 0.717) is 6.04 Å². The number of nitrogens with one attached hydrogen (secondary N) is 1. The lowest BCUT2D eigenvalue weighted by Crippen LogP contribution is -2.19. The van der Waals surface area contributed by atoms with Gasteiger partial charge >= 0.3 is 0 Å². The molecule has 2 atom stereocenters. The van der Waals surface area contributed by atoms with Gasteiger partial charge in [-0.15, -0.1) is 0 Å². The zero-order valence-electron chi connectivity index (χ0n) is 11.5. The number of benzene rings is 1. The molecule has 0 aromatic heterocycles. The maximum atomic E-state index is 5.83. The van der Waals surface area contributed by atoms with E-state index in [1.54, 1.807) is 0 Å². The summed E-state index contributed by atoms with van der Waals surface area (Å²) in [5.41, 5.74) is 1.29. The van der Waals surface area contributed by atoms with Crippen LogP contribution in [-0.4, -0.2) is 12.6 Å². The van der Waals surface area contributed by atoms with Crippen molar-refractivity contribution in [1.29, 1.82) is 0 Å². The molecule has 2 heteroatoms. The first-order valence-corrected chi connectivity index (χ1v) is 6.67. The molecule has 0 unspecified atom stereocenters. The fourth-order valence-electron chi connectivity index (χ4n) is 1.65. The van der Waals surface area contributed by atoms with E-state index in [4.69, 9.17) is 4.74 Å². The van der Waals surface area contributed by atoms with Crippen molar-refractivity contribution in [2.24, 2.45) is 0 Å². The highest BCUT2D eigenvalue weighted by atomic mass is 16.5. The summed E-state index contributed by atoms with van der Waals surface area (Å²) in [5, 5.41) is 3.49. The van der Waals surface area contributed by atoms with Gasteiger partial charge < -0.3 is 10.1 Å². The van der Waals surface area contributed by atoms with E-state index in [0.717, 1.165) is 25.1 Å². The third kappa shape index (κ3) is 4.78. The lowest BCUT2D eigenvalue weighted by molar-refractivity contribution is 0.217. The quantitative estimate of drug-likeness (QED) is 0.773. The van der Waals surface area contributed by atoms with Gasteiger partial charge in [0.05, 0.1) is 6.10 Å². The number of hydrogen-bond acceptors (Lipinski definition) is 2. The summed E-state index contributed by atoms with van der Waals surface area (Å²) in [5.74, 6) is 0.974. The van der Waals surface area contributed by atoms with Crippen LogP contribution in [0.4, 0.5) is 0 Å². The Bertz CT molecular complexity index is 324. The SMILES string of the molecule is CCCN[C@H](C)c1cccc(O[C@H](C)CC)c1. The standard InChI is InChI=1S/C15H25NO/c1-5-10-16-13(4)14-8-7-9-15(11-14)17-12(3)6-2/h7-9,11-13,16H,5-6,10H2,1-4H3/t12-,13-/m1/s1. The van der Waals surface area contributed by atoms with Crippen LogP contribution in [0.15, 0.2) is 24.3 Å². The molecular formula is C15H25NO. The summed E-state index contributed by atoms with van der Waals surface area (Å²) in [6.45, 7) is 9.67. The Kier molecular flexibility index (Phi) is 6.06. The molecule has 0 bridgehead atoms. The van der Waals surface area contributed by atoms with Gasteiger partial charge in [0.2, 0.25) is 0 Å². The van der Waals surface area contributed by atoms with Crippen molar-refractivity contribution < 1.29 is 4.74 Å². The van der Waals surface area contributed by atoms with Crippen molar-refractivity contribution >= 4 is 0 Å². The smallest absolute Gasteiger partial charge is 0.120 e. The van der Waals surface area contributed by atoms with E-state index in [2.05, 4.69) is 51.2 Å². The molecule has 1 aromatic carbocycles. The first-order valence-electron chi connectivity index (χ1n) is 6.67. The molecule has 0 amide bonds. The minimum atomic E-state index is 0.282. The van der Waals surface area contributed by atoms with Crippen LogP contribution in [-0.2, 0) is 0 Å². The topological polar surface area (TPSA) is 21.3 Å². The summed E-state index contributed by atoms with van der Waals surface area (Å²) in [6, 6.07) is 8.77. The van der Waals surface area contributed by atoms with Gasteiger partial charge in [0.15, 0.2) is 0 Å². The average Bonchev–Trinajstić information content (AvgIpc) is 2.36. The van der Waals surface area contributed by atoms with Gasteiger partial charge in [0, 0.05) is 6.04 Å². The van der Waals surface area contributed by atoms with Gasteiger partial charge in [-0.05, 0) is 50.9 Å². The van der Waals surface area contributed by atoms with E-state index < -0.39 is 0 Å². The molecule has 1 N–H and O–H groups in total. The van der Waals surface area contributed by atoms with E-state index in [1.165, 1.54) is 5.56 Å². The third-order valence-corrected chi connectivity index (χ3v) is 2.97. The Hall–Kier alpha value is -1.02. The molecule has 0 spiro atoms. The molecule has 0 fully saturated rings. The highest BCUT2D eigenvalue weighted by molar-refractivity contribution is 5.30. The van der Waals surface area contributed by atoms with E-state index in [9.17, 15) is 0 Å². The predicted octanol–water partition coefficient (Wildman–Crippen LogP) is 3.92. The fourth-order valence-corrected chi connectivity index (χ4v) is 1.65. The van der Waals surface area contributed by atoms with Crippen molar-refractivity contribution in [3.63, 3.8) is 0 Å². The molecular weight excluding hydrogens is 210 g/mol. The number of hydrogen-bond donors (Lipinski definition) is 1. The van der Waals surface area contributed by atoms with Crippen LogP contribution in [0, 0.1) is 0 Å². The highest BCUT2D eigenvalue weighted by Crippen LogP contribution is 2.20. The summed E-state index contributed by atoms with van der Waals surface area (Å²) in [6.07, 6.45) is 2.48. The Morgan fingerprint density at radius 2 is 2.00 bits per heavy atom. The Balaban J connectivity index is 2.64. The van der Waals surface area contributed by atoms with Crippen LogP contribution in [0.1, 0.15) is 52.1 Å². The molecule has 17 heavy (non-hydrogen) atoms. The van der Waals surface area contributed by atoms with Gasteiger partial charge in [0.1, 0.15) is 5.75 Å². The van der Waals surface area contributed by atoms with Crippen LogP contribution in [0.3, 0.4) is 0 Å². The first-order chi connectivity index (χ1) is 8.17. The summed E-state index contributed by atoms with van der Waals surface area (Å²) in [7, 11) is 0. The van der Waals surface area contributed by atoms with E-state index in [1.807, 2.05) is 6.07 Å². The highest BCUT2D eigenvalue weighted by Gasteiger charge is 2.06. The fraction of sp³-hybridized carbons (Fsp3) is 0.600. The number of ether oxygens (including phenoxy) is 1. The summed E-state index contributed by atoms with van der Waals surface area (Å²) < 4.78 is 5.83. The van der Waals surface area contributed by atoms with Gasteiger partial charge in [-0.25, -0.2) is 0 Å². The second-order valence-electron chi connectivity index (χ2n) is 4.59. The van der Waals surface area contributed by atoms with Crippen LogP contribution in [0.5, 0.6) is 5.75 Å². The van der Waals surface area contributed by atoms with Gasteiger partial charge in [0.25, 0.3) is 0 Å². The minimum Gasteiger partial charge on any atom is -0.491 e. The van der Waals surface area contributed by atoms with Crippen LogP contribution in [0.25, 0.3) is 0 Å². The molecule has 0 aliphatic heterocycles. The molecule has 0 heterocycles. The largest absolute Gasteiger partial charge is 0.491 e. The van der Waals surface area contributed by atoms with Crippen molar-refractivity contribution in [3.05, 3.63) is 29.8 Å². The molecule has 0 aliphatic carbocycles. The number of rotatable bonds is 7. The first kappa shape index (κ1) is 14.0. The molecule has 2 nitrogen and oxygen atoms in total. The average molecular weight is 235 g/mol. The molecule has 0 saturated carbocycles. The van der Waals surface area contributed by atoms with Crippen molar-refractivity contribution in [1.82, 2.24) is 5.32 Å². The Morgan fingerprint density at radius 3 is 2.65 bits per heavy atom. The maximum absolute atomic E-state index is 5.83. The Morgan fingerprint density at radius 1 is 1.24 bits per heavy atom. The molecule has 96 valence electrons. The second kappa shape index (κ2) is 7.33. The molecule has 1 rings (SSSR count). The zero-order valence-corrected chi connectivity index (χ0v) is 11.5. The molecule has 0 radical (unpaired) electrons. The van der Waals surface area contributed by atoms with E-state index >= 15 is 0 Å². The summed E-state index contributed by atoms with van der Waals surface area (Å²) >= 11 is 0. The van der Waals surface area contributed by atoms with Crippen molar-refractivity contribution in [2.45, 2.75) is 52.7 Å². The second-order valence-corrected chi connectivity index (χ2v) is 4.59. The predicted molar refractivity (Wildman–Crippen MR) is 73.5 cm³/mol. The van der Waals surface area contributed by atoms with Crippen LogP contribution in [0.2, 0.25) is 0 Å². The molecule has 0 aliphatic rings. The Labute approximate surface area is 105 Å². The maximum Gasteiger partial charge on any atom is 0.120 e. The van der Waals surface area contributed by atoms with Crippen LogP contribution >= 0.6 is 0 Å². The van der Waals surface area contributed by atoms with Crippen LogP contribution < -0.4 is 10.1 Å². The summed E-state index contributed by atoms with van der Waals surface area (Å²) in [4.78, 5) is 0. The lowest BCUT2D eigenvalue weighted by atomic mass is 10.1. The van der Waals surface area contributed by atoms with Gasteiger partial charge in [-0.2, -0.15) is 0 Å². The zero-order chi connectivity index (χ0) is 12.7. The minimum absolute atomic E-state index is 0.282. The van der Waals surface area contributed by atoms with Crippen molar-refractivity contribution in [3.8, 4) is 5.75 Å².